The monoisotopic (exact) mass is 367 g/mol. The fourth-order valence-corrected chi connectivity index (χ4v) is 3.11. The standard InChI is InChI=1S/C18H20Cl2N2O2/c1-22(2)11-16(12-7-5-4-6-8-12)21-18(23)13-9-14(19)17(24-3)15(20)10-13/h4-10,16H,11H2,1-3H3,(H,21,23)/p+1/t16-/m1/s1. The Kier molecular flexibility index (Phi) is 6.49. The van der Waals surface area contributed by atoms with E-state index >= 15 is 0 Å². The van der Waals surface area contributed by atoms with Gasteiger partial charge in [-0.3, -0.25) is 4.79 Å². The van der Waals surface area contributed by atoms with Crippen LogP contribution in [-0.2, 0) is 0 Å². The molecule has 0 radical (unpaired) electrons. The summed E-state index contributed by atoms with van der Waals surface area (Å²) in [6, 6.07) is 12.9. The summed E-state index contributed by atoms with van der Waals surface area (Å²) in [4.78, 5) is 13.9. The third kappa shape index (κ3) is 4.63. The first kappa shape index (κ1) is 18.6. The quantitative estimate of drug-likeness (QED) is 0.823. The molecule has 1 atom stereocenters. The third-order valence-electron chi connectivity index (χ3n) is 3.58. The van der Waals surface area contributed by atoms with E-state index in [0.717, 1.165) is 12.1 Å². The van der Waals surface area contributed by atoms with Crippen molar-refractivity contribution in [3.8, 4) is 5.75 Å². The van der Waals surface area contributed by atoms with Gasteiger partial charge in [0.25, 0.3) is 5.91 Å². The van der Waals surface area contributed by atoms with Crippen LogP contribution in [0, 0.1) is 0 Å². The molecule has 0 heterocycles. The minimum Gasteiger partial charge on any atom is -0.494 e. The van der Waals surface area contributed by atoms with Gasteiger partial charge >= 0.3 is 0 Å². The lowest BCUT2D eigenvalue weighted by atomic mass is 10.1. The van der Waals surface area contributed by atoms with Crippen molar-refractivity contribution in [2.75, 3.05) is 27.7 Å². The van der Waals surface area contributed by atoms with Crippen LogP contribution in [0.1, 0.15) is 22.0 Å². The topological polar surface area (TPSA) is 42.8 Å². The fourth-order valence-electron chi connectivity index (χ4n) is 2.47. The second-order valence-corrected chi connectivity index (χ2v) is 6.64. The zero-order chi connectivity index (χ0) is 17.7. The van der Waals surface area contributed by atoms with Crippen LogP contribution in [-0.4, -0.2) is 33.7 Å². The molecule has 4 nitrogen and oxygen atoms in total. The summed E-state index contributed by atoms with van der Waals surface area (Å²) in [6.07, 6.45) is 0. The molecule has 0 unspecified atom stereocenters. The number of amides is 1. The molecule has 0 aliphatic heterocycles. The van der Waals surface area contributed by atoms with Crippen molar-refractivity contribution in [2.24, 2.45) is 0 Å². The highest BCUT2D eigenvalue weighted by molar-refractivity contribution is 6.37. The summed E-state index contributed by atoms with van der Waals surface area (Å²) < 4.78 is 5.11. The van der Waals surface area contributed by atoms with Crippen molar-refractivity contribution in [1.82, 2.24) is 5.32 Å². The molecule has 2 aromatic carbocycles. The Hall–Kier alpha value is -1.75. The molecule has 6 heteroatoms. The Morgan fingerprint density at radius 2 is 1.75 bits per heavy atom. The second kappa shape index (κ2) is 8.38. The number of methoxy groups -OCH3 is 1. The lowest BCUT2D eigenvalue weighted by Gasteiger charge is -2.21. The summed E-state index contributed by atoms with van der Waals surface area (Å²) in [6.45, 7) is 0.757. The minimum atomic E-state index is -0.225. The zero-order valence-corrected chi connectivity index (χ0v) is 15.4. The Morgan fingerprint density at radius 1 is 1.17 bits per heavy atom. The molecule has 1 amide bonds. The molecule has 2 aromatic rings. The number of hydrogen-bond acceptors (Lipinski definition) is 2. The van der Waals surface area contributed by atoms with Crippen LogP contribution >= 0.6 is 23.2 Å². The predicted octanol–water partition coefficient (Wildman–Crippen LogP) is 2.62. The Labute approximate surface area is 152 Å². The summed E-state index contributed by atoms with van der Waals surface area (Å²) in [5.74, 6) is 0.142. The van der Waals surface area contributed by atoms with E-state index in [1.54, 1.807) is 12.1 Å². The lowest BCUT2D eigenvalue weighted by Crippen LogP contribution is -3.06. The van der Waals surface area contributed by atoms with Gasteiger partial charge in [-0.05, 0) is 17.7 Å². The lowest BCUT2D eigenvalue weighted by molar-refractivity contribution is -0.860. The summed E-state index contributed by atoms with van der Waals surface area (Å²) >= 11 is 12.2. The second-order valence-electron chi connectivity index (χ2n) is 5.82. The van der Waals surface area contributed by atoms with Crippen molar-refractivity contribution in [2.45, 2.75) is 6.04 Å². The van der Waals surface area contributed by atoms with Gasteiger partial charge in [0.05, 0.1) is 31.3 Å². The van der Waals surface area contributed by atoms with Crippen LogP contribution in [0.2, 0.25) is 10.0 Å². The highest BCUT2D eigenvalue weighted by atomic mass is 35.5. The van der Waals surface area contributed by atoms with Crippen LogP contribution in [0.4, 0.5) is 0 Å². The van der Waals surface area contributed by atoms with Crippen molar-refractivity contribution in [1.29, 1.82) is 0 Å². The molecule has 0 aliphatic rings. The summed E-state index contributed by atoms with van der Waals surface area (Å²) in [5.41, 5.74) is 1.46. The van der Waals surface area contributed by atoms with Crippen molar-refractivity contribution in [3.63, 3.8) is 0 Å². The third-order valence-corrected chi connectivity index (χ3v) is 4.15. The van der Waals surface area contributed by atoms with Gasteiger partial charge in [-0.25, -0.2) is 0 Å². The van der Waals surface area contributed by atoms with Gasteiger partial charge in [0.1, 0.15) is 12.6 Å². The van der Waals surface area contributed by atoms with E-state index in [1.165, 1.54) is 12.0 Å². The van der Waals surface area contributed by atoms with Crippen molar-refractivity contribution < 1.29 is 14.4 Å². The average molecular weight is 368 g/mol. The molecule has 0 spiro atoms. The van der Waals surface area contributed by atoms with Crippen LogP contribution in [0.15, 0.2) is 42.5 Å². The number of ether oxygens (including phenoxy) is 1. The van der Waals surface area contributed by atoms with E-state index in [2.05, 4.69) is 5.32 Å². The van der Waals surface area contributed by atoms with E-state index in [9.17, 15) is 4.79 Å². The Balaban J connectivity index is 2.25. The number of rotatable bonds is 6. The van der Waals surface area contributed by atoms with E-state index in [0.29, 0.717) is 21.4 Å². The van der Waals surface area contributed by atoms with Crippen molar-refractivity contribution >= 4 is 29.1 Å². The number of likely N-dealkylation sites (N-methyl/N-ethyl adjacent to an activating group) is 1. The Morgan fingerprint density at radius 3 is 2.25 bits per heavy atom. The molecule has 2 N–H and O–H groups in total. The number of hydrogen-bond donors (Lipinski definition) is 2. The number of halogens is 2. The fraction of sp³-hybridized carbons (Fsp3) is 0.278. The van der Waals surface area contributed by atoms with Gasteiger partial charge in [0.15, 0.2) is 5.75 Å². The maximum absolute atomic E-state index is 12.6. The maximum Gasteiger partial charge on any atom is 0.252 e. The first-order chi connectivity index (χ1) is 11.4. The van der Waals surface area contributed by atoms with Gasteiger partial charge in [0, 0.05) is 5.56 Å². The highest BCUT2D eigenvalue weighted by Gasteiger charge is 2.20. The van der Waals surface area contributed by atoms with E-state index in [1.807, 2.05) is 44.4 Å². The first-order valence-electron chi connectivity index (χ1n) is 7.60. The largest absolute Gasteiger partial charge is 0.494 e. The van der Waals surface area contributed by atoms with Crippen molar-refractivity contribution in [3.05, 3.63) is 63.6 Å². The molecule has 0 bridgehead atoms. The zero-order valence-electron chi connectivity index (χ0n) is 13.9. The molecule has 2 rings (SSSR count). The highest BCUT2D eigenvalue weighted by Crippen LogP contribution is 2.33. The van der Waals surface area contributed by atoms with E-state index < -0.39 is 0 Å². The molecule has 0 saturated carbocycles. The molecular formula is C18H21Cl2N2O2+. The van der Waals surface area contributed by atoms with Crippen LogP contribution in [0.25, 0.3) is 0 Å². The summed E-state index contributed by atoms with van der Waals surface area (Å²) in [7, 11) is 5.57. The van der Waals surface area contributed by atoms with Crippen LogP contribution in [0.3, 0.4) is 0 Å². The molecule has 0 fully saturated rings. The van der Waals surface area contributed by atoms with Crippen LogP contribution in [0.5, 0.6) is 5.75 Å². The SMILES string of the molecule is COc1c(Cl)cc(C(=O)N[C@H](C[NH+](C)C)c2ccccc2)cc1Cl. The summed E-state index contributed by atoms with van der Waals surface area (Å²) in [5, 5.41) is 3.67. The first-order valence-corrected chi connectivity index (χ1v) is 8.35. The number of carbonyl (C=O) groups is 1. The molecule has 0 saturated heterocycles. The smallest absolute Gasteiger partial charge is 0.252 e. The molecule has 24 heavy (non-hydrogen) atoms. The van der Waals surface area contributed by atoms with Gasteiger partial charge < -0.3 is 15.0 Å². The van der Waals surface area contributed by atoms with Gasteiger partial charge in [-0.2, -0.15) is 0 Å². The average Bonchev–Trinajstić information content (AvgIpc) is 2.54. The van der Waals surface area contributed by atoms with Crippen LogP contribution < -0.4 is 15.0 Å². The normalized spacial score (nSPS) is 12.1. The number of benzene rings is 2. The van der Waals surface area contributed by atoms with E-state index in [4.69, 9.17) is 27.9 Å². The molecule has 128 valence electrons. The minimum absolute atomic E-state index is 0.108. The van der Waals surface area contributed by atoms with E-state index in [-0.39, 0.29) is 11.9 Å². The van der Waals surface area contributed by atoms with Gasteiger partial charge in [-0.15, -0.1) is 0 Å². The predicted molar refractivity (Wildman–Crippen MR) is 97.3 cm³/mol. The molecule has 0 aliphatic carbocycles. The number of nitrogens with one attached hydrogen (secondary N) is 2. The van der Waals surface area contributed by atoms with Gasteiger partial charge in [0.2, 0.25) is 0 Å². The Bertz CT molecular complexity index is 682. The number of carbonyl (C=O) groups excluding carboxylic acids is 1. The van der Waals surface area contributed by atoms with Gasteiger partial charge in [-0.1, -0.05) is 53.5 Å². The number of quaternary nitrogens is 1. The molecular weight excluding hydrogens is 347 g/mol. The maximum atomic E-state index is 12.6. The molecule has 0 aromatic heterocycles.